The van der Waals surface area contributed by atoms with Crippen LogP contribution in [0.15, 0.2) is 0 Å². The summed E-state index contributed by atoms with van der Waals surface area (Å²) in [6.07, 6.45) is 5.86. The second-order valence-electron chi connectivity index (χ2n) is 5.50. The average Bonchev–Trinajstić information content (AvgIpc) is 2.65. The van der Waals surface area contributed by atoms with Gasteiger partial charge in [0.05, 0.1) is 0 Å². The molecule has 1 aliphatic carbocycles. The summed E-state index contributed by atoms with van der Waals surface area (Å²) in [4.78, 5) is 12.3. The van der Waals surface area contributed by atoms with E-state index in [1.54, 1.807) is 0 Å². The number of ketones is 1. The first kappa shape index (κ1) is 11.1. The van der Waals surface area contributed by atoms with Gasteiger partial charge in [-0.25, -0.2) is 0 Å². The van der Waals surface area contributed by atoms with E-state index in [-0.39, 0.29) is 0 Å². The highest BCUT2D eigenvalue weighted by Gasteiger charge is 2.34. The van der Waals surface area contributed by atoms with Gasteiger partial charge in [0, 0.05) is 17.9 Å². The standard InChI is InChI=1S/C13H23NO/c1-9-3-5-11(6-4-9)13(15)12-7-8-14-10(12)2/h9-12,14H,3-8H2,1-2H3. The van der Waals surface area contributed by atoms with Crippen molar-refractivity contribution in [2.24, 2.45) is 17.8 Å². The lowest BCUT2D eigenvalue weighted by molar-refractivity contribution is -0.128. The maximum Gasteiger partial charge on any atom is 0.140 e. The molecule has 2 unspecified atom stereocenters. The van der Waals surface area contributed by atoms with Crippen LogP contribution in [0.25, 0.3) is 0 Å². The molecule has 0 aromatic carbocycles. The van der Waals surface area contributed by atoms with Crippen molar-refractivity contribution < 1.29 is 4.79 Å². The maximum atomic E-state index is 12.3. The predicted molar refractivity (Wildman–Crippen MR) is 61.7 cm³/mol. The Kier molecular flexibility index (Phi) is 3.45. The Hall–Kier alpha value is -0.370. The normalized spacial score (nSPS) is 41.7. The van der Waals surface area contributed by atoms with Crippen molar-refractivity contribution in [3.05, 3.63) is 0 Å². The van der Waals surface area contributed by atoms with Gasteiger partial charge in [-0.15, -0.1) is 0 Å². The van der Waals surface area contributed by atoms with Gasteiger partial charge < -0.3 is 5.32 Å². The zero-order chi connectivity index (χ0) is 10.8. The van der Waals surface area contributed by atoms with E-state index >= 15 is 0 Å². The molecule has 2 atom stereocenters. The quantitative estimate of drug-likeness (QED) is 0.756. The summed E-state index contributed by atoms with van der Waals surface area (Å²) in [6, 6.07) is 0.414. The zero-order valence-corrected chi connectivity index (χ0v) is 9.96. The summed E-state index contributed by atoms with van der Waals surface area (Å²) >= 11 is 0. The van der Waals surface area contributed by atoms with E-state index in [2.05, 4.69) is 19.2 Å². The molecular formula is C13H23NO. The molecule has 0 aromatic rings. The van der Waals surface area contributed by atoms with Gasteiger partial charge in [0.1, 0.15) is 5.78 Å². The smallest absolute Gasteiger partial charge is 0.140 e. The summed E-state index contributed by atoms with van der Waals surface area (Å²) in [6.45, 7) is 5.49. The van der Waals surface area contributed by atoms with Crippen LogP contribution in [-0.2, 0) is 4.79 Å². The van der Waals surface area contributed by atoms with E-state index in [0.29, 0.717) is 23.7 Å². The van der Waals surface area contributed by atoms with Gasteiger partial charge in [-0.05, 0) is 38.6 Å². The maximum absolute atomic E-state index is 12.3. The minimum atomic E-state index is 0.309. The molecular weight excluding hydrogens is 186 g/mol. The van der Waals surface area contributed by atoms with Crippen LogP contribution >= 0.6 is 0 Å². The fourth-order valence-electron chi connectivity index (χ4n) is 3.09. The lowest BCUT2D eigenvalue weighted by Crippen LogP contribution is -2.33. The van der Waals surface area contributed by atoms with Gasteiger partial charge in [-0.1, -0.05) is 19.8 Å². The molecule has 0 radical (unpaired) electrons. The molecule has 2 heteroatoms. The summed E-state index contributed by atoms with van der Waals surface area (Å²) in [5.41, 5.74) is 0. The van der Waals surface area contributed by atoms with Gasteiger partial charge >= 0.3 is 0 Å². The number of Topliss-reactive ketones (excluding diaryl/α,β-unsaturated/α-hetero) is 1. The molecule has 15 heavy (non-hydrogen) atoms. The van der Waals surface area contributed by atoms with E-state index in [1.807, 2.05) is 0 Å². The molecule has 2 rings (SSSR count). The minimum Gasteiger partial charge on any atom is -0.314 e. The summed E-state index contributed by atoms with van der Waals surface area (Å²) < 4.78 is 0. The van der Waals surface area contributed by atoms with Crippen molar-refractivity contribution in [2.45, 2.75) is 52.0 Å². The van der Waals surface area contributed by atoms with Crippen LogP contribution in [0.4, 0.5) is 0 Å². The van der Waals surface area contributed by atoms with E-state index in [0.717, 1.165) is 31.7 Å². The molecule has 1 saturated carbocycles. The molecule has 1 N–H and O–H groups in total. The highest BCUT2D eigenvalue weighted by Crippen LogP contribution is 2.32. The van der Waals surface area contributed by atoms with Crippen LogP contribution in [0.1, 0.15) is 46.0 Å². The molecule has 2 fully saturated rings. The van der Waals surface area contributed by atoms with Crippen molar-refractivity contribution >= 4 is 5.78 Å². The van der Waals surface area contributed by atoms with Crippen LogP contribution in [0.2, 0.25) is 0 Å². The van der Waals surface area contributed by atoms with Crippen LogP contribution in [0.5, 0.6) is 0 Å². The van der Waals surface area contributed by atoms with E-state index in [4.69, 9.17) is 0 Å². The average molecular weight is 209 g/mol. The molecule has 0 spiro atoms. The molecule has 86 valence electrons. The molecule has 0 bridgehead atoms. The van der Waals surface area contributed by atoms with Crippen LogP contribution < -0.4 is 5.32 Å². The molecule has 2 nitrogen and oxygen atoms in total. The van der Waals surface area contributed by atoms with Gasteiger partial charge in [0.2, 0.25) is 0 Å². The summed E-state index contributed by atoms with van der Waals surface area (Å²) in [5, 5.41) is 3.38. The van der Waals surface area contributed by atoms with E-state index in [1.165, 1.54) is 12.8 Å². The van der Waals surface area contributed by atoms with Crippen molar-refractivity contribution in [1.82, 2.24) is 5.32 Å². The third kappa shape index (κ3) is 2.41. The van der Waals surface area contributed by atoms with Crippen molar-refractivity contribution in [2.75, 3.05) is 6.54 Å². The van der Waals surface area contributed by atoms with Crippen LogP contribution in [0, 0.1) is 17.8 Å². The molecule has 0 amide bonds. The van der Waals surface area contributed by atoms with Crippen molar-refractivity contribution in [3.8, 4) is 0 Å². The lowest BCUT2D eigenvalue weighted by Gasteiger charge is -2.28. The van der Waals surface area contributed by atoms with E-state index < -0.39 is 0 Å². The highest BCUT2D eigenvalue weighted by atomic mass is 16.1. The molecule has 1 heterocycles. The third-order valence-electron chi connectivity index (χ3n) is 4.31. The van der Waals surface area contributed by atoms with E-state index in [9.17, 15) is 4.79 Å². The summed E-state index contributed by atoms with van der Waals surface area (Å²) in [7, 11) is 0. The Labute approximate surface area is 92.8 Å². The number of carbonyl (C=O) groups excluding carboxylic acids is 1. The Bertz CT molecular complexity index is 231. The molecule has 1 saturated heterocycles. The topological polar surface area (TPSA) is 29.1 Å². The Morgan fingerprint density at radius 3 is 2.27 bits per heavy atom. The Morgan fingerprint density at radius 1 is 1.07 bits per heavy atom. The Balaban J connectivity index is 1.90. The third-order valence-corrected chi connectivity index (χ3v) is 4.31. The number of carbonyl (C=O) groups is 1. The monoisotopic (exact) mass is 209 g/mol. The summed E-state index contributed by atoms with van der Waals surface area (Å²) in [5.74, 6) is 2.09. The van der Waals surface area contributed by atoms with Gasteiger partial charge in [-0.3, -0.25) is 4.79 Å². The molecule has 0 aromatic heterocycles. The van der Waals surface area contributed by atoms with Crippen molar-refractivity contribution in [1.29, 1.82) is 0 Å². The largest absolute Gasteiger partial charge is 0.314 e. The lowest BCUT2D eigenvalue weighted by atomic mass is 9.76. The van der Waals surface area contributed by atoms with Gasteiger partial charge in [-0.2, -0.15) is 0 Å². The zero-order valence-electron chi connectivity index (χ0n) is 9.96. The minimum absolute atomic E-state index is 0.309. The van der Waals surface area contributed by atoms with Crippen LogP contribution in [0.3, 0.4) is 0 Å². The Morgan fingerprint density at radius 2 is 1.73 bits per heavy atom. The number of hydrogen-bond donors (Lipinski definition) is 1. The highest BCUT2D eigenvalue weighted by molar-refractivity contribution is 5.84. The van der Waals surface area contributed by atoms with Gasteiger partial charge in [0.15, 0.2) is 0 Å². The second kappa shape index (κ2) is 4.65. The van der Waals surface area contributed by atoms with Crippen molar-refractivity contribution in [3.63, 3.8) is 0 Å². The second-order valence-corrected chi connectivity index (χ2v) is 5.50. The molecule has 2 aliphatic rings. The first-order valence-electron chi connectivity index (χ1n) is 6.45. The van der Waals surface area contributed by atoms with Gasteiger partial charge in [0.25, 0.3) is 0 Å². The molecule has 1 aliphatic heterocycles. The number of hydrogen-bond acceptors (Lipinski definition) is 2. The number of nitrogens with one attached hydrogen (secondary N) is 1. The first-order valence-corrected chi connectivity index (χ1v) is 6.45. The fourth-order valence-corrected chi connectivity index (χ4v) is 3.09. The first-order chi connectivity index (χ1) is 7.18. The SMILES string of the molecule is CC1CCC(C(=O)C2CCNC2C)CC1. The fraction of sp³-hybridized carbons (Fsp3) is 0.923. The van der Waals surface area contributed by atoms with Crippen LogP contribution in [-0.4, -0.2) is 18.4 Å². The predicted octanol–water partition coefficient (Wildman–Crippen LogP) is 2.38. The number of rotatable bonds is 2.